The van der Waals surface area contributed by atoms with E-state index in [1.165, 1.54) is 6.33 Å². The standard InChI is InChI=1S/C12H7ClFN3/c13-9-4-2-1-3-8(9)5-10-12(14)11(6-15)17-7-16-10/h1-4,7H,5H2. The Labute approximate surface area is 103 Å². The lowest BCUT2D eigenvalue weighted by molar-refractivity contribution is 0.590. The summed E-state index contributed by atoms with van der Waals surface area (Å²) in [6.45, 7) is 0. The van der Waals surface area contributed by atoms with E-state index in [1.54, 1.807) is 24.3 Å². The van der Waals surface area contributed by atoms with E-state index in [-0.39, 0.29) is 17.8 Å². The van der Waals surface area contributed by atoms with Gasteiger partial charge < -0.3 is 0 Å². The van der Waals surface area contributed by atoms with Gasteiger partial charge in [-0.1, -0.05) is 29.8 Å². The van der Waals surface area contributed by atoms with Crippen LogP contribution in [0.3, 0.4) is 0 Å². The molecule has 0 aliphatic carbocycles. The van der Waals surface area contributed by atoms with Gasteiger partial charge in [0.2, 0.25) is 0 Å². The molecule has 0 spiro atoms. The summed E-state index contributed by atoms with van der Waals surface area (Å²) in [4.78, 5) is 7.37. The molecule has 0 amide bonds. The molecule has 1 heterocycles. The minimum Gasteiger partial charge on any atom is -0.238 e. The molecule has 0 aliphatic rings. The summed E-state index contributed by atoms with van der Waals surface area (Å²) in [5.41, 5.74) is 0.683. The van der Waals surface area contributed by atoms with Crippen molar-refractivity contribution in [1.29, 1.82) is 5.26 Å². The molecular weight excluding hydrogens is 241 g/mol. The smallest absolute Gasteiger partial charge is 0.181 e. The van der Waals surface area contributed by atoms with Crippen LogP contribution in [0.1, 0.15) is 17.0 Å². The first-order valence-electron chi connectivity index (χ1n) is 4.85. The van der Waals surface area contributed by atoms with Crippen LogP contribution in [0.2, 0.25) is 5.02 Å². The Hall–Kier alpha value is -1.99. The molecule has 2 rings (SSSR count). The highest BCUT2D eigenvalue weighted by Gasteiger charge is 2.12. The van der Waals surface area contributed by atoms with Crippen molar-refractivity contribution >= 4 is 11.6 Å². The van der Waals surface area contributed by atoms with Crippen LogP contribution in [0.4, 0.5) is 4.39 Å². The van der Waals surface area contributed by atoms with Gasteiger partial charge in [0.05, 0.1) is 5.69 Å². The maximum atomic E-state index is 13.7. The fourth-order valence-electron chi connectivity index (χ4n) is 1.43. The molecule has 1 aromatic carbocycles. The lowest BCUT2D eigenvalue weighted by Crippen LogP contribution is -2.01. The van der Waals surface area contributed by atoms with Gasteiger partial charge in [-0.05, 0) is 11.6 Å². The van der Waals surface area contributed by atoms with Crippen molar-refractivity contribution in [2.24, 2.45) is 0 Å². The molecule has 0 atom stereocenters. The van der Waals surface area contributed by atoms with Crippen molar-refractivity contribution in [1.82, 2.24) is 9.97 Å². The highest BCUT2D eigenvalue weighted by atomic mass is 35.5. The zero-order valence-electron chi connectivity index (χ0n) is 8.69. The molecule has 17 heavy (non-hydrogen) atoms. The van der Waals surface area contributed by atoms with E-state index in [4.69, 9.17) is 16.9 Å². The number of halogens is 2. The van der Waals surface area contributed by atoms with Crippen LogP contribution in [0.5, 0.6) is 0 Å². The Bertz CT molecular complexity index is 593. The van der Waals surface area contributed by atoms with Gasteiger partial charge in [0, 0.05) is 11.4 Å². The molecule has 0 unspecified atom stereocenters. The number of nitrogens with zero attached hydrogens (tertiary/aromatic N) is 3. The van der Waals surface area contributed by atoms with Gasteiger partial charge in [-0.2, -0.15) is 5.26 Å². The predicted octanol–water partition coefficient (Wildman–Crippen LogP) is 2.73. The second-order valence-electron chi connectivity index (χ2n) is 3.36. The Morgan fingerprint density at radius 2 is 2.06 bits per heavy atom. The molecule has 5 heteroatoms. The SMILES string of the molecule is N#Cc1ncnc(Cc2ccccc2Cl)c1F. The maximum Gasteiger partial charge on any atom is 0.181 e. The van der Waals surface area contributed by atoms with Crippen LogP contribution >= 0.6 is 11.6 Å². The van der Waals surface area contributed by atoms with Gasteiger partial charge >= 0.3 is 0 Å². The van der Waals surface area contributed by atoms with Crippen molar-refractivity contribution in [3.8, 4) is 6.07 Å². The van der Waals surface area contributed by atoms with Crippen molar-refractivity contribution in [2.75, 3.05) is 0 Å². The summed E-state index contributed by atoms with van der Waals surface area (Å²) in [5.74, 6) is -0.685. The topological polar surface area (TPSA) is 49.6 Å². The molecule has 3 nitrogen and oxygen atoms in total. The van der Waals surface area contributed by atoms with Crippen LogP contribution in [0.15, 0.2) is 30.6 Å². The highest BCUT2D eigenvalue weighted by molar-refractivity contribution is 6.31. The number of hydrogen-bond donors (Lipinski definition) is 0. The zero-order chi connectivity index (χ0) is 12.3. The van der Waals surface area contributed by atoms with E-state index < -0.39 is 5.82 Å². The maximum absolute atomic E-state index is 13.7. The minimum absolute atomic E-state index is 0.171. The zero-order valence-corrected chi connectivity index (χ0v) is 9.45. The van der Waals surface area contributed by atoms with Crippen molar-refractivity contribution in [3.63, 3.8) is 0 Å². The van der Waals surface area contributed by atoms with Gasteiger partial charge in [-0.25, -0.2) is 14.4 Å². The highest BCUT2D eigenvalue weighted by Crippen LogP contribution is 2.19. The van der Waals surface area contributed by atoms with Gasteiger partial charge in [0.1, 0.15) is 12.4 Å². The Morgan fingerprint density at radius 1 is 1.29 bits per heavy atom. The molecule has 84 valence electrons. The summed E-state index contributed by atoms with van der Waals surface area (Å²) < 4.78 is 13.7. The van der Waals surface area contributed by atoms with Crippen LogP contribution in [-0.2, 0) is 6.42 Å². The fraction of sp³-hybridized carbons (Fsp3) is 0.0833. The van der Waals surface area contributed by atoms with Crippen molar-refractivity contribution in [3.05, 3.63) is 58.4 Å². The van der Waals surface area contributed by atoms with E-state index in [1.807, 2.05) is 6.07 Å². The van der Waals surface area contributed by atoms with E-state index in [0.717, 1.165) is 5.56 Å². The second kappa shape index (κ2) is 4.89. The molecule has 0 saturated heterocycles. The first-order chi connectivity index (χ1) is 8.22. The van der Waals surface area contributed by atoms with Crippen LogP contribution < -0.4 is 0 Å². The molecule has 0 saturated carbocycles. The minimum atomic E-state index is -0.685. The molecule has 0 bridgehead atoms. The molecule has 0 aliphatic heterocycles. The van der Waals surface area contributed by atoms with E-state index >= 15 is 0 Å². The van der Waals surface area contributed by atoms with Gasteiger partial charge in [0.15, 0.2) is 11.5 Å². The summed E-state index contributed by atoms with van der Waals surface area (Å²) in [6.07, 6.45) is 1.41. The molecule has 1 aromatic heterocycles. The number of hydrogen-bond acceptors (Lipinski definition) is 3. The van der Waals surface area contributed by atoms with E-state index in [9.17, 15) is 4.39 Å². The van der Waals surface area contributed by atoms with E-state index in [0.29, 0.717) is 5.02 Å². The summed E-state index contributed by atoms with van der Waals surface area (Å²) in [5, 5.41) is 9.20. The molecule has 0 fully saturated rings. The molecule has 2 aromatic rings. The first-order valence-corrected chi connectivity index (χ1v) is 5.23. The number of aromatic nitrogens is 2. The average Bonchev–Trinajstić information content (AvgIpc) is 2.34. The van der Waals surface area contributed by atoms with Crippen molar-refractivity contribution in [2.45, 2.75) is 6.42 Å². The van der Waals surface area contributed by atoms with Crippen molar-refractivity contribution < 1.29 is 4.39 Å². The molecule has 0 radical (unpaired) electrons. The Balaban J connectivity index is 2.38. The van der Waals surface area contributed by atoms with Gasteiger partial charge in [-0.3, -0.25) is 0 Å². The lowest BCUT2D eigenvalue weighted by Gasteiger charge is -2.04. The summed E-state index contributed by atoms with van der Waals surface area (Å²) in [7, 11) is 0. The van der Waals surface area contributed by atoms with E-state index in [2.05, 4.69) is 9.97 Å². The predicted molar refractivity (Wildman–Crippen MR) is 61.0 cm³/mol. The van der Waals surface area contributed by atoms with Gasteiger partial charge in [0.25, 0.3) is 0 Å². The number of benzene rings is 1. The quantitative estimate of drug-likeness (QED) is 0.820. The number of rotatable bonds is 2. The average molecular weight is 248 g/mol. The second-order valence-corrected chi connectivity index (χ2v) is 3.77. The summed E-state index contributed by atoms with van der Waals surface area (Å²) in [6, 6.07) is 8.79. The largest absolute Gasteiger partial charge is 0.238 e. The first kappa shape index (κ1) is 11.5. The Morgan fingerprint density at radius 3 is 2.76 bits per heavy atom. The third-order valence-corrected chi connectivity index (χ3v) is 2.65. The fourth-order valence-corrected chi connectivity index (χ4v) is 1.63. The lowest BCUT2D eigenvalue weighted by atomic mass is 10.1. The molecule has 0 N–H and O–H groups in total. The normalized spacial score (nSPS) is 9.94. The third-order valence-electron chi connectivity index (χ3n) is 2.28. The Kier molecular flexibility index (Phi) is 3.31. The summed E-state index contributed by atoms with van der Waals surface area (Å²) >= 11 is 5.97. The van der Waals surface area contributed by atoms with Crippen LogP contribution in [0.25, 0.3) is 0 Å². The third kappa shape index (κ3) is 2.40. The van der Waals surface area contributed by atoms with Crippen LogP contribution in [-0.4, -0.2) is 9.97 Å². The monoisotopic (exact) mass is 247 g/mol. The van der Waals surface area contributed by atoms with Crippen LogP contribution in [0, 0.1) is 17.1 Å². The molecular formula is C12H7ClFN3. The van der Waals surface area contributed by atoms with Gasteiger partial charge in [-0.15, -0.1) is 0 Å². The number of nitriles is 1.